The third-order valence-corrected chi connectivity index (χ3v) is 10.7. The number of hydrogen-bond donors (Lipinski definition) is 0. The fourth-order valence-corrected chi connectivity index (χ4v) is 8.22. The summed E-state index contributed by atoms with van der Waals surface area (Å²) in [6.45, 7) is 2.19. The average molecular weight is 885 g/mol. The summed E-state index contributed by atoms with van der Waals surface area (Å²) >= 11 is 0. The minimum absolute atomic E-state index is 0. The zero-order chi connectivity index (χ0) is 35.8. The molecule has 4 aromatic heterocycles. The minimum atomic E-state index is 0. The third kappa shape index (κ3) is 5.19. The van der Waals surface area contributed by atoms with Gasteiger partial charge in [-0.15, -0.1) is 34.8 Å². The van der Waals surface area contributed by atoms with Crippen LogP contribution < -0.4 is 4.98 Å². The van der Waals surface area contributed by atoms with Crippen molar-refractivity contribution in [2.45, 2.75) is 6.92 Å². The summed E-state index contributed by atoms with van der Waals surface area (Å²) in [4.78, 5) is 15.5. The van der Waals surface area contributed by atoms with Crippen LogP contribution in [0.25, 0.3) is 99.8 Å². The van der Waals surface area contributed by atoms with Gasteiger partial charge in [0.15, 0.2) is 0 Å². The fraction of sp³-hybridized carbons (Fsp3) is 0.0204. The predicted octanol–water partition coefficient (Wildman–Crippen LogP) is 11.9. The van der Waals surface area contributed by atoms with Gasteiger partial charge in [0.2, 0.25) is 0 Å². The van der Waals surface area contributed by atoms with Crippen LogP contribution in [0.3, 0.4) is 0 Å². The van der Waals surface area contributed by atoms with Crippen molar-refractivity contribution >= 4 is 54.6 Å². The van der Waals surface area contributed by atoms with Gasteiger partial charge in [-0.3, -0.25) is 4.57 Å². The van der Waals surface area contributed by atoms with Crippen LogP contribution in [0.5, 0.6) is 0 Å². The molecule has 0 aliphatic heterocycles. The van der Waals surface area contributed by atoms with Crippen LogP contribution in [0, 0.1) is 13.0 Å². The summed E-state index contributed by atoms with van der Waals surface area (Å²) in [7, 11) is 0. The van der Waals surface area contributed by atoms with Crippen LogP contribution in [-0.2, 0) is 21.1 Å². The van der Waals surface area contributed by atoms with Crippen LogP contribution in [0.15, 0.2) is 170 Å². The van der Waals surface area contributed by atoms with E-state index in [1.807, 2.05) is 24.4 Å². The smallest absolute Gasteiger partial charge is 0.656 e. The number of pyridine rings is 1. The van der Waals surface area contributed by atoms with E-state index in [-0.39, 0.29) is 21.1 Å². The van der Waals surface area contributed by atoms with E-state index >= 15 is 0 Å². The van der Waals surface area contributed by atoms with Crippen LogP contribution in [-0.4, -0.2) is 19.1 Å². The zero-order valence-electron chi connectivity index (χ0n) is 29.7. The molecule has 0 atom stereocenters. The molecule has 262 valence electrons. The van der Waals surface area contributed by atoms with Gasteiger partial charge in [0.25, 0.3) is 0 Å². The largest absolute Gasteiger partial charge is 2.00 e. The molecule has 11 aromatic rings. The molecule has 0 radical (unpaired) electrons. The molecule has 0 unspecified atom stereocenters. The van der Waals surface area contributed by atoms with Crippen molar-refractivity contribution < 1.29 is 21.1 Å². The molecule has 7 aromatic carbocycles. The zero-order valence-corrected chi connectivity index (χ0v) is 32.0. The SMILES string of the molecule is Cc1cc2c(cc1-c1ccccc1)c1ccc(-c3cccc4c3nc(-c3cccc5c3[n-]c3ccccc35)n4-c3ccccc3)[c-]c1n2-c1ccccn1.[Pt+2]. The Hall–Kier alpha value is -6.55. The van der Waals surface area contributed by atoms with Gasteiger partial charge in [-0.2, -0.15) is 0 Å². The summed E-state index contributed by atoms with van der Waals surface area (Å²) in [5.74, 6) is 1.71. The Balaban J connectivity index is 0.00000372. The Bertz CT molecular complexity index is 3210. The number of benzene rings is 7. The van der Waals surface area contributed by atoms with Crippen LogP contribution in [0.2, 0.25) is 0 Å². The van der Waals surface area contributed by atoms with Crippen LogP contribution >= 0.6 is 0 Å². The molecule has 11 rings (SSSR count). The van der Waals surface area contributed by atoms with Crippen molar-refractivity contribution in [3.8, 4) is 45.1 Å². The quantitative estimate of drug-likeness (QED) is 0.162. The van der Waals surface area contributed by atoms with Crippen LogP contribution in [0.1, 0.15) is 5.56 Å². The Kier molecular flexibility index (Phi) is 7.86. The Labute approximate surface area is 331 Å². The molecule has 5 nitrogen and oxygen atoms in total. The van der Waals surface area contributed by atoms with Crippen molar-refractivity contribution in [3.63, 3.8) is 0 Å². The second-order valence-electron chi connectivity index (χ2n) is 13.8. The monoisotopic (exact) mass is 884 g/mol. The molecule has 0 spiro atoms. The normalized spacial score (nSPS) is 11.6. The molecule has 0 saturated heterocycles. The maximum Gasteiger partial charge on any atom is 2.00 e. The first kappa shape index (κ1) is 33.0. The van der Waals surface area contributed by atoms with E-state index in [2.05, 4.69) is 168 Å². The van der Waals surface area contributed by atoms with E-state index in [9.17, 15) is 0 Å². The predicted molar refractivity (Wildman–Crippen MR) is 221 cm³/mol. The Morgan fingerprint density at radius 1 is 0.564 bits per heavy atom. The summed E-state index contributed by atoms with van der Waals surface area (Å²) < 4.78 is 4.51. The van der Waals surface area contributed by atoms with E-state index < -0.39 is 0 Å². The molecule has 0 aliphatic carbocycles. The summed E-state index contributed by atoms with van der Waals surface area (Å²) in [5.41, 5.74) is 13.6. The number of rotatable bonds is 5. The van der Waals surface area contributed by atoms with Crippen molar-refractivity contribution in [1.82, 2.24) is 24.1 Å². The molecular weight excluding hydrogens is 854 g/mol. The Morgan fingerprint density at radius 3 is 2.15 bits per heavy atom. The molecular formula is C49H31N5Pt. The molecule has 0 aliphatic rings. The number of aryl methyl sites for hydroxylation is 1. The minimum Gasteiger partial charge on any atom is -0.656 e. The van der Waals surface area contributed by atoms with Gasteiger partial charge in [-0.05, 0) is 81.7 Å². The molecule has 4 heterocycles. The van der Waals surface area contributed by atoms with Gasteiger partial charge in [0.05, 0.1) is 11.0 Å². The van der Waals surface area contributed by atoms with E-state index in [1.165, 1.54) is 22.1 Å². The molecule has 0 bridgehead atoms. The summed E-state index contributed by atoms with van der Waals surface area (Å²) in [6, 6.07) is 61.3. The van der Waals surface area contributed by atoms with Crippen molar-refractivity contribution in [2.24, 2.45) is 0 Å². The van der Waals surface area contributed by atoms with Gasteiger partial charge in [0, 0.05) is 23.0 Å². The first-order valence-electron chi connectivity index (χ1n) is 18.2. The second-order valence-corrected chi connectivity index (χ2v) is 13.8. The average Bonchev–Trinajstić information content (AvgIpc) is 3.91. The molecule has 0 saturated carbocycles. The number of imidazole rings is 1. The van der Waals surface area contributed by atoms with E-state index in [0.29, 0.717) is 0 Å². The topological polar surface area (TPSA) is 49.7 Å². The fourth-order valence-electron chi connectivity index (χ4n) is 8.22. The maximum atomic E-state index is 5.50. The van der Waals surface area contributed by atoms with E-state index in [1.54, 1.807) is 0 Å². The molecule has 0 N–H and O–H groups in total. The van der Waals surface area contributed by atoms with Gasteiger partial charge < -0.3 is 9.55 Å². The van der Waals surface area contributed by atoms with Gasteiger partial charge in [0.1, 0.15) is 11.6 Å². The molecule has 6 heteroatoms. The molecule has 0 amide bonds. The van der Waals surface area contributed by atoms with Gasteiger partial charge in [-0.1, -0.05) is 126 Å². The standard InChI is InChI=1S/C49H31N5.Pt/c1-31-28-44-41(30-40(31)32-14-4-2-5-15-32)37-26-25-33(29-45(37)54(44)46-24-10-11-27-50-46)35-19-13-23-43-48(35)52-49(53(43)34-16-6-3-7-17-34)39-21-12-20-38-36-18-8-9-22-42(36)51-47(38)39;/h2-28,30H,1H3;/q-2;+2. The molecule has 0 fully saturated rings. The molecule has 55 heavy (non-hydrogen) atoms. The number of aromatic nitrogens is 5. The van der Waals surface area contributed by atoms with Crippen molar-refractivity contribution in [1.29, 1.82) is 0 Å². The number of fused-ring (bicyclic) bond motifs is 7. The first-order chi connectivity index (χ1) is 26.7. The van der Waals surface area contributed by atoms with Crippen molar-refractivity contribution in [2.75, 3.05) is 0 Å². The Morgan fingerprint density at radius 2 is 1.31 bits per heavy atom. The second kappa shape index (κ2) is 13.1. The number of nitrogens with zero attached hydrogens (tertiary/aromatic N) is 5. The van der Waals surface area contributed by atoms with E-state index in [0.717, 1.165) is 83.3 Å². The first-order valence-corrected chi connectivity index (χ1v) is 18.2. The van der Waals surface area contributed by atoms with Crippen molar-refractivity contribution in [3.05, 3.63) is 182 Å². The van der Waals surface area contributed by atoms with Gasteiger partial charge in [-0.25, -0.2) is 9.97 Å². The van der Waals surface area contributed by atoms with Crippen LogP contribution in [0.4, 0.5) is 0 Å². The number of hydrogen-bond acceptors (Lipinski definition) is 2. The summed E-state index contributed by atoms with van der Waals surface area (Å²) in [6.07, 6.45) is 1.85. The van der Waals surface area contributed by atoms with E-state index in [4.69, 9.17) is 15.0 Å². The third-order valence-electron chi connectivity index (χ3n) is 10.7. The number of para-hydroxylation sites is 4. The van der Waals surface area contributed by atoms with Gasteiger partial charge >= 0.3 is 21.1 Å². The maximum absolute atomic E-state index is 5.50. The summed E-state index contributed by atoms with van der Waals surface area (Å²) in [5, 5.41) is 4.57.